The van der Waals surface area contributed by atoms with Gasteiger partial charge in [-0.2, -0.15) is 0 Å². The van der Waals surface area contributed by atoms with Gasteiger partial charge in [-0.25, -0.2) is 4.39 Å². The van der Waals surface area contributed by atoms with Gasteiger partial charge in [-0.05, 0) is 44.3 Å². The average Bonchev–Trinajstić information content (AvgIpc) is 3.08. The smallest absolute Gasteiger partial charge is 0.306 e. The molecule has 8 nitrogen and oxygen atoms in total. The van der Waals surface area contributed by atoms with E-state index < -0.39 is 75.3 Å². The van der Waals surface area contributed by atoms with Gasteiger partial charge in [-0.15, -0.1) is 11.6 Å². The molecule has 8 atom stereocenters. The average molecular weight is 553 g/mol. The van der Waals surface area contributed by atoms with Crippen molar-refractivity contribution in [2.75, 3.05) is 13.0 Å². The Kier molecular flexibility index (Phi) is 7.28. The molecule has 0 bridgehead atoms. The molecule has 0 unspecified atom stereocenters. The first-order chi connectivity index (χ1) is 17.7. The summed E-state index contributed by atoms with van der Waals surface area (Å²) in [7, 11) is 1.24. The molecule has 208 valence electrons. The lowest BCUT2D eigenvalue weighted by molar-refractivity contribution is -0.226. The molecule has 38 heavy (non-hydrogen) atoms. The van der Waals surface area contributed by atoms with E-state index in [1.54, 1.807) is 13.8 Å². The van der Waals surface area contributed by atoms with Gasteiger partial charge in [-0.3, -0.25) is 24.0 Å². The van der Waals surface area contributed by atoms with Gasteiger partial charge in [0.1, 0.15) is 0 Å². The van der Waals surface area contributed by atoms with E-state index in [2.05, 4.69) is 4.74 Å². The molecule has 0 aromatic rings. The summed E-state index contributed by atoms with van der Waals surface area (Å²) in [5.41, 5.74) is -6.75. The SMILES string of the molecule is COC(=O)CCCC(=O)O[C@]1(C(=O)CCl)[C@@H](C)C[C@H]2[C@@H]3CC(=O)C4=CC(=O)C=C[C@]4(C)[C@@]3(F)[C@@H](O)C[C@@]21C. The summed E-state index contributed by atoms with van der Waals surface area (Å²) < 4.78 is 27.9. The Labute approximate surface area is 225 Å². The maximum Gasteiger partial charge on any atom is 0.306 e. The summed E-state index contributed by atoms with van der Waals surface area (Å²) in [5, 5.41) is 11.5. The fraction of sp³-hybridized carbons (Fsp3) is 0.679. The van der Waals surface area contributed by atoms with Crippen LogP contribution in [0.25, 0.3) is 0 Å². The van der Waals surface area contributed by atoms with Crippen LogP contribution in [0, 0.1) is 28.6 Å². The second-order valence-corrected chi connectivity index (χ2v) is 11.8. The van der Waals surface area contributed by atoms with Gasteiger partial charge in [0.25, 0.3) is 0 Å². The zero-order chi connectivity index (χ0) is 28.3. The Morgan fingerprint density at radius 2 is 1.82 bits per heavy atom. The predicted molar refractivity (Wildman–Crippen MR) is 134 cm³/mol. The molecule has 0 aliphatic heterocycles. The number of methoxy groups -OCH3 is 1. The molecule has 3 fully saturated rings. The number of hydrogen-bond acceptors (Lipinski definition) is 8. The number of Topliss-reactive ketones (excluding diaryl/α,β-unsaturated/α-hetero) is 2. The highest BCUT2D eigenvalue weighted by Crippen LogP contribution is 2.71. The number of aliphatic hydroxyl groups is 1. The van der Waals surface area contributed by atoms with Crippen molar-refractivity contribution in [1.29, 1.82) is 0 Å². The fourth-order valence-electron chi connectivity index (χ4n) is 8.04. The zero-order valence-electron chi connectivity index (χ0n) is 22.1. The normalized spacial score (nSPS) is 41.5. The molecule has 0 heterocycles. The van der Waals surface area contributed by atoms with Crippen molar-refractivity contribution in [3.05, 3.63) is 23.8 Å². The summed E-state index contributed by atoms with van der Waals surface area (Å²) in [6, 6.07) is 0. The number of esters is 2. The molecular formula is C28H34ClFO8. The summed E-state index contributed by atoms with van der Waals surface area (Å²) in [6.45, 7) is 4.96. The van der Waals surface area contributed by atoms with Crippen molar-refractivity contribution < 1.29 is 42.9 Å². The highest BCUT2D eigenvalue weighted by molar-refractivity contribution is 6.29. The lowest BCUT2D eigenvalue weighted by atomic mass is 9.44. The highest BCUT2D eigenvalue weighted by Gasteiger charge is 2.77. The monoisotopic (exact) mass is 552 g/mol. The van der Waals surface area contributed by atoms with Crippen LogP contribution in [0.1, 0.15) is 59.3 Å². The molecule has 4 aliphatic rings. The number of alkyl halides is 2. The van der Waals surface area contributed by atoms with Gasteiger partial charge in [0.05, 0.1) is 24.5 Å². The minimum absolute atomic E-state index is 0.00474. The van der Waals surface area contributed by atoms with E-state index in [0.29, 0.717) is 0 Å². The molecule has 0 aromatic carbocycles. The van der Waals surface area contributed by atoms with Crippen LogP contribution < -0.4 is 0 Å². The number of ether oxygens (including phenoxy) is 2. The van der Waals surface area contributed by atoms with Crippen LogP contribution in [-0.4, -0.2) is 64.8 Å². The van der Waals surface area contributed by atoms with E-state index in [0.717, 1.165) is 6.08 Å². The molecule has 0 spiro atoms. The number of ketones is 3. The third-order valence-corrected chi connectivity index (χ3v) is 10.1. The molecule has 3 saturated carbocycles. The van der Waals surface area contributed by atoms with Crippen LogP contribution in [0.15, 0.2) is 23.8 Å². The van der Waals surface area contributed by atoms with Crippen LogP contribution in [0.3, 0.4) is 0 Å². The first-order valence-electron chi connectivity index (χ1n) is 13.0. The maximum absolute atomic E-state index is 17.4. The first-order valence-corrected chi connectivity index (χ1v) is 13.5. The van der Waals surface area contributed by atoms with Crippen LogP contribution in [0.5, 0.6) is 0 Å². The number of aliphatic hydroxyl groups excluding tert-OH is 1. The Balaban J connectivity index is 1.75. The van der Waals surface area contributed by atoms with Gasteiger partial charge in [0.2, 0.25) is 0 Å². The lowest BCUT2D eigenvalue weighted by Crippen LogP contribution is -2.71. The largest absolute Gasteiger partial charge is 0.469 e. The van der Waals surface area contributed by atoms with Crippen molar-refractivity contribution in [2.24, 2.45) is 28.6 Å². The molecule has 1 N–H and O–H groups in total. The van der Waals surface area contributed by atoms with Gasteiger partial charge in [0.15, 0.2) is 28.6 Å². The highest BCUT2D eigenvalue weighted by atomic mass is 35.5. The number of carbonyl (C=O) groups is 5. The Bertz CT molecular complexity index is 1150. The molecule has 4 aliphatic carbocycles. The van der Waals surface area contributed by atoms with Crippen molar-refractivity contribution in [3.63, 3.8) is 0 Å². The fourth-order valence-corrected chi connectivity index (χ4v) is 8.24. The first kappa shape index (κ1) is 28.6. The van der Waals surface area contributed by atoms with E-state index >= 15 is 4.39 Å². The van der Waals surface area contributed by atoms with Crippen LogP contribution in [0.2, 0.25) is 0 Å². The second-order valence-electron chi connectivity index (χ2n) is 11.6. The number of hydrogen-bond donors (Lipinski definition) is 1. The molecule has 0 radical (unpaired) electrons. The second kappa shape index (κ2) is 9.66. The minimum atomic E-state index is -2.29. The molecule has 10 heteroatoms. The van der Waals surface area contributed by atoms with Gasteiger partial charge in [-0.1, -0.05) is 19.9 Å². The maximum atomic E-state index is 17.4. The van der Waals surface area contributed by atoms with Crippen molar-refractivity contribution in [3.8, 4) is 0 Å². The molecule has 0 aromatic heterocycles. The Hall–Kier alpha value is -2.39. The van der Waals surface area contributed by atoms with E-state index in [1.807, 2.05) is 0 Å². The Morgan fingerprint density at radius 1 is 1.16 bits per heavy atom. The van der Waals surface area contributed by atoms with Crippen molar-refractivity contribution in [1.82, 2.24) is 0 Å². The van der Waals surface area contributed by atoms with Crippen LogP contribution in [-0.2, 0) is 33.4 Å². The van der Waals surface area contributed by atoms with Gasteiger partial charge in [0, 0.05) is 42.1 Å². The summed E-state index contributed by atoms with van der Waals surface area (Å²) in [5.74, 6) is -5.17. The minimum Gasteiger partial charge on any atom is -0.469 e. The van der Waals surface area contributed by atoms with E-state index in [-0.39, 0.29) is 49.9 Å². The van der Waals surface area contributed by atoms with E-state index in [9.17, 15) is 29.1 Å². The molecule has 0 saturated heterocycles. The topological polar surface area (TPSA) is 124 Å². The van der Waals surface area contributed by atoms with E-state index in [4.69, 9.17) is 16.3 Å². The Morgan fingerprint density at radius 3 is 2.45 bits per heavy atom. The third-order valence-electron chi connectivity index (χ3n) is 9.82. The third kappa shape index (κ3) is 3.75. The van der Waals surface area contributed by atoms with Gasteiger partial charge < -0.3 is 14.6 Å². The van der Waals surface area contributed by atoms with E-state index in [1.165, 1.54) is 26.2 Å². The molecule has 0 amide bonds. The van der Waals surface area contributed by atoms with Crippen LogP contribution >= 0.6 is 11.6 Å². The predicted octanol–water partition coefficient (Wildman–Crippen LogP) is 3.22. The molecule has 4 rings (SSSR count). The van der Waals surface area contributed by atoms with Crippen LogP contribution in [0.4, 0.5) is 4.39 Å². The number of fused-ring (bicyclic) bond motifs is 5. The summed E-state index contributed by atoms with van der Waals surface area (Å²) in [6.07, 6.45) is 1.91. The summed E-state index contributed by atoms with van der Waals surface area (Å²) >= 11 is 6.04. The van der Waals surface area contributed by atoms with Crippen molar-refractivity contribution >= 4 is 40.9 Å². The lowest BCUT2D eigenvalue weighted by Gasteiger charge is -2.62. The quantitative estimate of drug-likeness (QED) is 0.377. The zero-order valence-corrected chi connectivity index (χ0v) is 22.8. The molecular weight excluding hydrogens is 519 g/mol. The number of halogens is 2. The van der Waals surface area contributed by atoms with Gasteiger partial charge >= 0.3 is 11.9 Å². The number of allylic oxidation sites excluding steroid dienone is 4. The number of carbonyl (C=O) groups excluding carboxylic acids is 5. The van der Waals surface area contributed by atoms with Crippen molar-refractivity contribution in [2.45, 2.75) is 76.7 Å². The number of rotatable bonds is 7. The summed E-state index contributed by atoms with van der Waals surface area (Å²) in [4.78, 5) is 63.3. The standard InChI is InChI=1S/C28H34ClFO8/c1-15-10-17-18-12-20(32)19-11-16(31)8-9-25(19,2)27(18,30)21(33)13-26(17,3)28(15,22(34)14-29)38-24(36)7-5-6-23(35)37-4/h8-9,11,15,17-18,21,33H,5-7,10,12-14H2,1-4H3/t15-,17-,18-,21-,25-,26-,27-,28-/m0/s1.